The van der Waals surface area contributed by atoms with Crippen LogP contribution in [0, 0.1) is 12.3 Å². The predicted octanol–water partition coefficient (Wildman–Crippen LogP) is 0.900. The average molecular weight is 335 g/mol. The van der Waals surface area contributed by atoms with Gasteiger partial charge in [-0.25, -0.2) is 12.7 Å². The number of carbonyl (C=O) groups is 1. The van der Waals surface area contributed by atoms with E-state index in [9.17, 15) is 13.2 Å². The lowest BCUT2D eigenvalue weighted by Crippen LogP contribution is -2.29. The van der Waals surface area contributed by atoms with Gasteiger partial charge >= 0.3 is 0 Å². The molecule has 1 aromatic rings. The van der Waals surface area contributed by atoms with E-state index in [1.807, 2.05) is 0 Å². The second kappa shape index (κ2) is 7.02. The molecule has 6 nitrogen and oxygen atoms in total. The Morgan fingerprint density at radius 3 is 2.57 bits per heavy atom. The molecule has 0 spiro atoms. The van der Waals surface area contributed by atoms with Crippen LogP contribution in [-0.2, 0) is 10.0 Å². The number of carbonyl (C=O) groups excluding carboxylic acids is 1. The molecule has 1 aromatic carbocycles. The van der Waals surface area contributed by atoms with Gasteiger partial charge in [0.25, 0.3) is 5.91 Å². The molecule has 1 saturated heterocycles. The molecule has 124 valence electrons. The van der Waals surface area contributed by atoms with Crippen LogP contribution >= 0.6 is 0 Å². The number of nitrogens with zero attached hydrogens (tertiary/aromatic N) is 2. The maximum absolute atomic E-state index is 12.4. The van der Waals surface area contributed by atoms with Crippen molar-refractivity contribution in [2.75, 3.05) is 38.6 Å². The van der Waals surface area contributed by atoms with Crippen LogP contribution in [0.4, 0.5) is 5.69 Å². The monoisotopic (exact) mass is 335 g/mol. The van der Waals surface area contributed by atoms with E-state index in [0.717, 1.165) is 35.9 Å². The van der Waals surface area contributed by atoms with Gasteiger partial charge < -0.3 is 10.2 Å². The van der Waals surface area contributed by atoms with E-state index >= 15 is 0 Å². The zero-order chi connectivity index (χ0) is 17.0. The number of hydrogen-bond donors (Lipinski definition) is 1. The first-order chi connectivity index (χ1) is 10.9. The van der Waals surface area contributed by atoms with E-state index < -0.39 is 10.0 Å². The first-order valence-electron chi connectivity index (χ1n) is 7.41. The van der Waals surface area contributed by atoms with E-state index in [1.165, 1.54) is 20.2 Å². The normalized spacial score (nSPS) is 14.8. The fourth-order valence-electron chi connectivity index (χ4n) is 2.53. The highest BCUT2D eigenvalue weighted by molar-refractivity contribution is 7.89. The average Bonchev–Trinajstić information content (AvgIpc) is 3.06. The Morgan fingerprint density at radius 1 is 1.35 bits per heavy atom. The van der Waals surface area contributed by atoms with Gasteiger partial charge in [0.15, 0.2) is 0 Å². The summed E-state index contributed by atoms with van der Waals surface area (Å²) in [7, 11) is -0.679. The van der Waals surface area contributed by atoms with Gasteiger partial charge in [0, 0.05) is 32.9 Å². The van der Waals surface area contributed by atoms with Gasteiger partial charge in [-0.2, -0.15) is 0 Å². The van der Waals surface area contributed by atoms with Crippen LogP contribution in [0.15, 0.2) is 23.1 Å². The van der Waals surface area contributed by atoms with Crippen molar-refractivity contribution in [1.29, 1.82) is 0 Å². The Bertz CT molecular complexity index is 729. The van der Waals surface area contributed by atoms with Crippen LogP contribution < -0.4 is 10.2 Å². The van der Waals surface area contributed by atoms with E-state index in [0.29, 0.717) is 5.56 Å². The predicted molar refractivity (Wildman–Crippen MR) is 89.9 cm³/mol. The second-order valence-electron chi connectivity index (χ2n) is 5.55. The van der Waals surface area contributed by atoms with Gasteiger partial charge in [0.05, 0.1) is 17.0 Å². The molecule has 0 unspecified atom stereocenters. The van der Waals surface area contributed by atoms with E-state index in [4.69, 9.17) is 6.42 Å². The molecule has 0 aliphatic carbocycles. The summed E-state index contributed by atoms with van der Waals surface area (Å²) < 4.78 is 25.7. The standard InChI is InChI=1S/C16H21N3O3S/c1-4-9-17-16(20)14-12-13(23(21,22)18(2)3)7-8-15(14)19-10-5-6-11-19/h1,7-8,12H,5-6,9-11H2,2-3H3,(H,17,20). The van der Waals surface area contributed by atoms with Crippen LogP contribution in [0.3, 0.4) is 0 Å². The number of benzene rings is 1. The SMILES string of the molecule is C#CCNC(=O)c1cc(S(=O)(=O)N(C)C)ccc1N1CCCC1. The molecular formula is C16H21N3O3S. The van der Waals surface area contributed by atoms with Gasteiger partial charge in [0.1, 0.15) is 0 Å². The maximum Gasteiger partial charge on any atom is 0.254 e. The first-order valence-corrected chi connectivity index (χ1v) is 8.85. The molecule has 0 atom stereocenters. The molecule has 0 aromatic heterocycles. The van der Waals surface area contributed by atoms with Gasteiger partial charge in [-0.1, -0.05) is 5.92 Å². The van der Waals surface area contributed by atoms with Crippen molar-refractivity contribution < 1.29 is 13.2 Å². The second-order valence-corrected chi connectivity index (χ2v) is 7.70. The van der Waals surface area contributed by atoms with Crippen molar-refractivity contribution in [3.8, 4) is 12.3 Å². The number of anilines is 1. The van der Waals surface area contributed by atoms with E-state index in [-0.39, 0.29) is 17.3 Å². The Balaban J connectivity index is 2.48. The van der Waals surface area contributed by atoms with Crippen molar-refractivity contribution in [1.82, 2.24) is 9.62 Å². The van der Waals surface area contributed by atoms with Crippen LogP contribution in [-0.4, -0.2) is 52.4 Å². The third-order valence-electron chi connectivity index (χ3n) is 3.79. The van der Waals surface area contributed by atoms with Crippen LogP contribution in [0.25, 0.3) is 0 Å². The molecule has 7 heteroatoms. The summed E-state index contributed by atoms with van der Waals surface area (Å²) >= 11 is 0. The topological polar surface area (TPSA) is 69.7 Å². The summed E-state index contributed by atoms with van der Waals surface area (Å²) in [5.74, 6) is 1.99. The van der Waals surface area contributed by atoms with Crippen LogP contribution in [0.2, 0.25) is 0 Å². The highest BCUT2D eigenvalue weighted by atomic mass is 32.2. The van der Waals surface area contributed by atoms with E-state index in [1.54, 1.807) is 12.1 Å². The highest BCUT2D eigenvalue weighted by Crippen LogP contribution is 2.28. The lowest BCUT2D eigenvalue weighted by atomic mass is 10.1. The summed E-state index contributed by atoms with van der Waals surface area (Å²) in [6, 6.07) is 4.67. The molecule has 1 aliphatic rings. The molecule has 2 rings (SSSR count). The van der Waals surface area contributed by atoms with Crippen molar-refractivity contribution in [2.24, 2.45) is 0 Å². The lowest BCUT2D eigenvalue weighted by Gasteiger charge is -2.22. The fraction of sp³-hybridized carbons (Fsp3) is 0.438. The van der Waals surface area contributed by atoms with Gasteiger partial charge in [0.2, 0.25) is 10.0 Å². The van der Waals surface area contributed by atoms with Gasteiger partial charge in [-0.05, 0) is 31.0 Å². The quantitative estimate of drug-likeness (QED) is 0.812. The molecule has 1 aliphatic heterocycles. The zero-order valence-corrected chi connectivity index (χ0v) is 14.2. The molecule has 0 saturated carbocycles. The van der Waals surface area contributed by atoms with Gasteiger partial charge in [-0.15, -0.1) is 6.42 Å². The summed E-state index contributed by atoms with van der Waals surface area (Å²) in [4.78, 5) is 14.6. The third-order valence-corrected chi connectivity index (χ3v) is 5.60. The van der Waals surface area contributed by atoms with E-state index in [2.05, 4.69) is 16.1 Å². The Kier molecular flexibility index (Phi) is 5.29. The molecule has 1 fully saturated rings. The molecule has 1 N–H and O–H groups in total. The number of rotatable bonds is 5. The summed E-state index contributed by atoms with van der Waals surface area (Å²) in [6.45, 7) is 1.81. The minimum absolute atomic E-state index is 0.0938. The molecule has 0 bridgehead atoms. The summed E-state index contributed by atoms with van der Waals surface area (Å²) in [5.41, 5.74) is 1.08. The first kappa shape index (κ1) is 17.3. The highest BCUT2D eigenvalue weighted by Gasteiger charge is 2.24. The Hall–Kier alpha value is -2.04. The van der Waals surface area contributed by atoms with Crippen molar-refractivity contribution in [2.45, 2.75) is 17.7 Å². The Morgan fingerprint density at radius 2 is 2.00 bits per heavy atom. The fourth-order valence-corrected chi connectivity index (χ4v) is 3.46. The largest absolute Gasteiger partial charge is 0.371 e. The van der Waals surface area contributed by atoms with Crippen molar-refractivity contribution >= 4 is 21.6 Å². The zero-order valence-electron chi connectivity index (χ0n) is 13.4. The third kappa shape index (κ3) is 3.66. The Labute approximate surface area is 137 Å². The molecule has 0 radical (unpaired) electrons. The van der Waals surface area contributed by atoms with Crippen LogP contribution in [0.1, 0.15) is 23.2 Å². The van der Waals surface area contributed by atoms with Crippen molar-refractivity contribution in [3.63, 3.8) is 0 Å². The van der Waals surface area contributed by atoms with Gasteiger partial charge in [-0.3, -0.25) is 4.79 Å². The molecule has 23 heavy (non-hydrogen) atoms. The number of sulfonamides is 1. The van der Waals surface area contributed by atoms with Crippen molar-refractivity contribution in [3.05, 3.63) is 23.8 Å². The molecule has 1 heterocycles. The summed E-state index contributed by atoms with van der Waals surface area (Å²) in [6.07, 6.45) is 7.29. The molecular weight excluding hydrogens is 314 g/mol. The maximum atomic E-state index is 12.4. The molecule has 1 amide bonds. The number of terminal acetylenes is 1. The smallest absolute Gasteiger partial charge is 0.254 e. The number of amides is 1. The minimum Gasteiger partial charge on any atom is -0.371 e. The minimum atomic E-state index is -3.60. The van der Waals surface area contributed by atoms with Crippen LogP contribution in [0.5, 0.6) is 0 Å². The number of hydrogen-bond acceptors (Lipinski definition) is 4. The lowest BCUT2D eigenvalue weighted by molar-refractivity contribution is 0.0959. The number of nitrogens with one attached hydrogen (secondary N) is 1. The summed E-state index contributed by atoms with van der Waals surface area (Å²) in [5, 5.41) is 2.61.